The van der Waals surface area contributed by atoms with Crippen molar-refractivity contribution in [1.29, 1.82) is 0 Å². The van der Waals surface area contributed by atoms with Crippen LogP contribution >= 0.6 is 0 Å². The highest BCUT2D eigenvalue weighted by Gasteiger charge is 2.24. The average molecular weight is 213 g/mol. The smallest absolute Gasteiger partial charge is 0.320 e. The molecule has 1 saturated carbocycles. The number of nitrogens with one attached hydrogen (secondary N) is 1. The highest BCUT2D eigenvalue weighted by Crippen LogP contribution is 2.26. The van der Waals surface area contributed by atoms with Crippen LogP contribution in [0.25, 0.3) is 0 Å². The molecule has 1 fully saturated rings. The number of carbonyl (C=O) groups excluding carboxylic acids is 1. The average Bonchev–Trinajstić information content (AvgIpc) is 2.18. The minimum absolute atomic E-state index is 0.109. The van der Waals surface area contributed by atoms with E-state index in [4.69, 9.17) is 4.74 Å². The number of ether oxygens (including phenoxy) is 1. The first-order chi connectivity index (χ1) is 7.09. The zero-order chi connectivity index (χ0) is 11.3. The summed E-state index contributed by atoms with van der Waals surface area (Å²) in [7, 11) is 0. The van der Waals surface area contributed by atoms with Gasteiger partial charge >= 0.3 is 5.97 Å². The number of hydrogen-bond donors (Lipinski definition) is 1. The number of esters is 1. The molecule has 0 aromatic heterocycles. The van der Waals surface area contributed by atoms with E-state index in [2.05, 4.69) is 12.2 Å². The van der Waals surface area contributed by atoms with E-state index in [0.29, 0.717) is 18.5 Å². The van der Waals surface area contributed by atoms with Crippen molar-refractivity contribution < 1.29 is 9.53 Å². The molecule has 0 saturated heterocycles. The first-order valence-corrected chi connectivity index (χ1v) is 6.02. The maximum absolute atomic E-state index is 11.5. The van der Waals surface area contributed by atoms with Crippen LogP contribution in [0.15, 0.2) is 0 Å². The van der Waals surface area contributed by atoms with E-state index in [1.54, 1.807) is 0 Å². The molecule has 0 spiro atoms. The Labute approximate surface area is 92.6 Å². The molecule has 1 aliphatic rings. The maximum atomic E-state index is 11.5. The van der Waals surface area contributed by atoms with E-state index in [1.165, 1.54) is 19.3 Å². The third kappa shape index (κ3) is 4.65. The molecule has 0 aliphatic heterocycles. The van der Waals surface area contributed by atoms with Crippen LogP contribution in [0.2, 0.25) is 0 Å². The Hall–Kier alpha value is -0.570. The fourth-order valence-corrected chi connectivity index (χ4v) is 1.96. The van der Waals surface area contributed by atoms with E-state index in [9.17, 15) is 4.79 Å². The summed E-state index contributed by atoms with van der Waals surface area (Å²) in [6, 6.07) is 0.335. The summed E-state index contributed by atoms with van der Waals surface area (Å²) in [6.07, 6.45) is 4.85. The largest absolute Gasteiger partial charge is 0.461 e. The van der Waals surface area contributed by atoms with Gasteiger partial charge in [0.05, 0.1) is 6.54 Å². The normalized spacial score (nSPS) is 26.7. The molecule has 15 heavy (non-hydrogen) atoms. The topological polar surface area (TPSA) is 38.3 Å². The van der Waals surface area contributed by atoms with Crippen molar-refractivity contribution in [2.24, 2.45) is 5.92 Å². The van der Waals surface area contributed by atoms with Crippen molar-refractivity contribution in [2.45, 2.75) is 58.6 Å². The Kier molecular flexibility index (Phi) is 5.09. The highest BCUT2D eigenvalue weighted by molar-refractivity contribution is 5.71. The molecule has 2 atom stereocenters. The standard InChI is InChI=1S/C12H23NO2/c1-9(2)13-8-12(14)15-11-7-5-4-6-10(11)3/h9-11,13H,4-8H2,1-3H3. The van der Waals surface area contributed by atoms with Gasteiger partial charge in [-0.05, 0) is 25.2 Å². The minimum Gasteiger partial charge on any atom is -0.461 e. The van der Waals surface area contributed by atoms with Crippen LogP contribution < -0.4 is 5.32 Å². The molecular weight excluding hydrogens is 190 g/mol. The number of hydrogen-bond acceptors (Lipinski definition) is 3. The molecule has 3 heteroatoms. The predicted octanol–water partition coefficient (Wildman–Crippen LogP) is 2.11. The fraction of sp³-hybridized carbons (Fsp3) is 0.917. The molecule has 88 valence electrons. The van der Waals surface area contributed by atoms with Gasteiger partial charge in [0.25, 0.3) is 0 Å². The van der Waals surface area contributed by atoms with Crippen molar-refractivity contribution in [3.8, 4) is 0 Å². The monoisotopic (exact) mass is 213 g/mol. The van der Waals surface area contributed by atoms with Crippen LogP contribution in [0.5, 0.6) is 0 Å². The third-order valence-electron chi connectivity index (χ3n) is 2.97. The summed E-state index contributed by atoms with van der Waals surface area (Å²) in [5.74, 6) is 0.421. The Morgan fingerprint density at radius 3 is 2.67 bits per heavy atom. The maximum Gasteiger partial charge on any atom is 0.320 e. The Morgan fingerprint density at radius 2 is 2.07 bits per heavy atom. The molecule has 2 unspecified atom stereocenters. The summed E-state index contributed by atoms with van der Waals surface area (Å²) in [6.45, 7) is 6.56. The molecule has 3 nitrogen and oxygen atoms in total. The van der Waals surface area contributed by atoms with Crippen molar-refractivity contribution in [3.63, 3.8) is 0 Å². The summed E-state index contributed by atoms with van der Waals surface area (Å²) >= 11 is 0. The first-order valence-electron chi connectivity index (χ1n) is 6.02. The zero-order valence-electron chi connectivity index (χ0n) is 10.1. The molecule has 1 aliphatic carbocycles. The molecule has 1 rings (SSSR count). The number of rotatable bonds is 4. The summed E-state index contributed by atoms with van der Waals surface area (Å²) < 4.78 is 5.45. The predicted molar refractivity (Wildman–Crippen MR) is 60.7 cm³/mol. The lowest BCUT2D eigenvalue weighted by atomic mass is 9.88. The van der Waals surface area contributed by atoms with Gasteiger partial charge in [0.15, 0.2) is 0 Å². The van der Waals surface area contributed by atoms with Crippen molar-refractivity contribution in [2.75, 3.05) is 6.54 Å². The second-order valence-corrected chi connectivity index (χ2v) is 4.83. The van der Waals surface area contributed by atoms with Crippen LogP contribution in [0.1, 0.15) is 46.5 Å². The van der Waals surface area contributed by atoms with Crippen LogP contribution in [-0.2, 0) is 9.53 Å². The van der Waals surface area contributed by atoms with E-state index >= 15 is 0 Å². The lowest BCUT2D eigenvalue weighted by molar-refractivity contribution is -0.152. The van der Waals surface area contributed by atoms with Gasteiger partial charge in [-0.2, -0.15) is 0 Å². The molecular formula is C12H23NO2. The van der Waals surface area contributed by atoms with Gasteiger partial charge < -0.3 is 10.1 Å². The second-order valence-electron chi connectivity index (χ2n) is 4.83. The van der Waals surface area contributed by atoms with Gasteiger partial charge in [0.1, 0.15) is 6.10 Å². The quantitative estimate of drug-likeness (QED) is 0.727. The summed E-state index contributed by atoms with van der Waals surface area (Å²) in [5.41, 5.74) is 0. The fourth-order valence-electron chi connectivity index (χ4n) is 1.96. The SMILES string of the molecule is CC(C)NCC(=O)OC1CCCCC1C. The van der Waals surface area contributed by atoms with Crippen LogP contribution in [0.3, 0.4) is 0 Å². The second kappa shape index (κ2) is 6.11. The van der Waals surface area contributed by atoms with Gasteiger partial charge in [-0.1, -0.05) is 27.2 Å². The molecule has 0 bridgehead atoms. The minimum atomic E-state index is -0.109. The van der Waals surface area contributed by atoms with Gasteiger partial charge in [-0.3, -0.25) is 4.79 Å². The van der Waals surface area contributed by atoms with Gasteiger partial charge in [0, 0.05) is 6.04 Å². The van der Waals surface area contributed by atoms with Crippen LogP contribution in [-0.4, -0.2) is 24.7 Å². The van der Waals surface area contributed by atoms with Gasteiger partial charge in [-0.25, -0.2) is 0 Å². The van der Waals surface area contributed by atoms with E-state index < -0.39 is 0 Å². The highest BCUT2D eigenvalue weighted by atomic mass is 16.5. The Morgan fingerprint density at radius 1 is 1.40 bits per heavy atom. The first kappa shape index (κ1) is 12.5. The zero-order valence-corrected chi connectivity index (χ0v) is 10.1. The molecule has 0 amide bonds. The van der Waals surface area contributed by atoms with Crippen molar-refractivity contribution in [3.05, 3.63) is 0 Å². The lowest BCUT2D eigenvalue weighted by Crippen LogP contribution is -2.35. The number of carbonyl (C=O) groups is 1. The van der Waals surface area contributed by atoms with E-state index in [-0.39, 0.29) is 12.1 Å². The molecule has 0 aromatic rings. The lowest BCUT2D eigenvalue weighted by Gasteiger charge is -2.28. The van der Waals surface area contributed by atoms with Crippen molar-refractivity contribution >= 4 is 5.97 Å². The molecule has 0 aromatic carbocycles. The van der Waals surface area contributed by atoms with Crippen LogP contribution in [0.4, 0.5) is 0 Å². The molecule has 1 N–H and O–H groups in total. The van der Waals surface area contributed by atoms with Crippen molar-refractivity contribution in [1.82, 2.24) is 5.32 Å². The Balaban J connectivity index is 2.24. The summed E-state index contributed by atoms with van der Waals surface area (Å²) in [4.78, 5) is 11.5. The molecule has 0 heterocycles. The van der Waals surface area contributed by atoms with E-state index in [1.807, 2.05) is 13.8 Å². The summed E-state index contributed by atoms with van der Waals surface area (Å²) in [5, 5.41) is 3.08. The third-order valence-corrected chi connectivity index (χ3v) is 2.97. The van der Waals surface area contributed by atoms with Crippen LogP contribution in [0, 0.1) is 5.92 Å². The molecule has 0 radical (unpaired) electrons. The van der Waals surface area contributed by atoms with Gasteiger partial charge in [0.2, 0.25) is 0 Å². The Bertz CT molecular complexity index is 204. The van der Waals surface area contributed by atoms with Gasteiger partial charge in [-0.15, -0.1) is 0 Å². The van der Waals surface area contributed by atoms with E-state index in [0.717, 1.165) is 6.42 Å².